The number of benzene rings is 1. The molecule has 0 bridgehead atoms. The molecule has 0 saturated carbocycles. The first kappa shape index (κ1) is 13.3. The summed E-state index contributed by atoms with van der Waals surface area (Å²) >= 11 is 3.15. The summed E-state index contributed by atoms with van der Waals surface area (Å²) in [6, 6.07) is 3.02. The van der Waals surface area contributed by atoms with E-state index in [1.165, 1.54) is 6.07 Å². The maximum Gasteiger partial charge on any atom is 0.139 e. The van der Waals surface area contributed by atoms with Crippen LogP contribution in [0.15, 0.2) is 16.6 Å². The minimum absolute atomic E-state index is 0.328. The van der Waals surface area contributed by atoms with Crippen LogP contribution in [0, 0.1) is 11.7 Å². The summed E-state index contributed by atoms with van der Waals surface area (Å²) in [5.41, 5.74) is 6.98. The lowest BCUT2D eigenvalue weighted by Crippen LogP contribution is -2.13. The molecule has 0 fully saturated rings. The Morgan fingerprint density at radius 3 is 2.56 bits per heavy atom. The maximum atomic E-state index is 13.1. The normalized spacial score (nSPS) is 10.8. The van der Waals surface area contributed by atoms with E-state index < -0.39 is 0 Å². The van der Waals surface area contributed by atoms with Crippen molar-refractivity contribution in [3.05, 3.63) is 22.4 Å². The van der Waals surface area contributed by atoms with Gasteiger partial charge in [0.15, 0.2) is 0 Å². The van der Waals surface area contributed by atoms with Crippen LogP contribution in [0.1, 0.15) is 26.7 Å². The van der Waals surface area contributed by atoms with Crippen molar-refractivity contribution in [1.82, 2.24) is 0 Å². The molecule has 0 aromatic heterocycles. The molecule has 4 heteroatoms. The Kier molecular flexibility index (Phi) is 5.06. The zero-order chi connectivity index (χ0) is 12.1. The molecule has 16 heavy (non-hydrogen) atoms. The van der Waals surface area contributed by atoms with Crippen LogP contribution in [0.25, 0.3) is 0 Å². The molecule has 0 spiro atoms. The van der Waals surface area contributed by atoms with E-state index in [1.807, 2.05) is 0 Å². The van der Waals surface area contributed by atoms with Crippen LogP contribution in [0.4, 0.5) is 15.8 Å². The Labute approximate surface area is 105 Å². The summed E-state index contributed by atoms with van der Waals surface area (Å²) in [7, 11) is 0. The standard InChI is InChI=1S/C12H18BrFN2/c1-3-8(4-2)7-16-12-5-9(13)10(14)6-11(12)15/h5-6,8,16H,3-4,7,15H2,1-2H3. The molecule has 0 radical (unpaired) electrons. The molecular weight excluding hydrogens is 271 g/mol. The number of halogens is 2. The molecule has 0 aliphatic carbocycles. The first-order chi connectivity index (χ1) is 7.58. The zero-order valence-corrected chi connectivity index (χ0v) is 11.3. The van der Waals surface area contributed by atoms with Gasteiger partial charge in [-0.3, -0.25) is 0 Å². The van der Waals surface area contributed by atoms with Gasteiger partial charge >= 0.3 is 0 Å². The molecular formula is C12H18BrFN2. The Morgan fingerprint density at radius 1 is 1.38 bits per heavy atom. The van der Waals surface area contributed by atoms with Gasteiger partial charge in [-0.15, -0.1) is 0 Å². The van der Waals surface area contributed by atoms with Crippen molar-refractivity contribution in [1.29, 1.82) is 0 Å². The lowest BCUT2D eigenvalue weighted by molar-refractivity contribution is 0.519. The second-order valence-electron chi connectivity index (χ2n) is 3.92. The average Bonchev–Trinajstić information content (AvgIpc) is 2.26. The molecule has 0 heterocycles. The van der Waals surface area contributed by atoms with Crippen molar-refractivity contribution in [2.45, 2.75) is 26.7 Å². The van der Waals surface area contributed by atoms with Gasteiger partial charge < -0.3 is 11.1 Å². The van der Waals surface area contributed by atoms with Gasteiger partial charge in [0.05, 0.1) is 15.8 Å². The molecule has 0 atom stereocenters. The Morgan fingerprint density at radius 2 is 2.00 bits per heavy atom. The van der Waals surface area contributed by atoms with Gasteiger partial charge in [-0.1, -0.05) is 26.7 Å². The minimum atomic E-state index is -0.328. The molecule has 1 aromatic rings. The van der Waals surface area contributed by atoms with Crippen molar-refractivity contribution in [2.75, 3.05) is 17.6 Å². The summed E-state index contributed by atoms with van der Waals surface area (Å²) in [4.78, 5) is 0. The van der Waals surface area contributed by atoms with Gasteiger partial charge in [0, 0.05) is 12.6 Å². The smallest absolute Gasteiger partial charge is 0.139 e. The van der Waals surface area contributed by atoms with Crippen molar-refractivity contribution in [3.8, 4) is 0 Å². The van der Waals surface area contributed by atoms with Gasteiger partial charge in [0.2, 0.25) is 0 Å². The van der Waals surface area contributed by atoms with E-state index in [2.05, 4.69) is 35.1 Å². The third-order valence-electron chi connectivity index (χ3n) is 2.83. The molecule has 0 amide bonds. The van der Waals surface area contributed by atoms with E-state index in [-0.39, 0.29) is 5.82 Å². The van der Waals surface area contributed by atoms with E-state index >= 15 is 0 Å². The van der Waals surface area contributed by atoms with Crippen molar-refractivity contribution in [2.24, 2.45) is 5.92 Å². The Bertz CT molecular complexity index is 351. The highest BCUT2D eigenvalue weighted by Crippen LogP contribution is 2.27. The predicted molar refractivity (Wildman–Crippen MR) is 71.1 cm³/mol. The molecule has 0 unspecified atom stereocenters. The number of hydrogen-bond acceptors (Lipinski definition) is 2. The lowest BCUT2D eigenvalue weighted by Gasteiger charge is -2.16. The van der Waals surface area contributed by atoms with Gasteiger partial charge in [-0.2, -0.15) is 0 Å². The van der Waals surface area contributed by atoms with E-state index in [9.17, 15) is 4.39 Å². The molecule has 0 aliphatic heterocycles. The third-order valence-corrected chi connectivity index (χ3v) is 3.44. The molecule has 1 aromatic carbocycles. The fraction of sp³-hybridized carbons (Fsp3) is 0.500. The van der Waals surface area contributed by atoms with Gasteiger partial charge in [-0.05, 0) is 27.9 Å². The van der Waals surface area contributed by atoms with Crippen LogP contribution in [0.3, 0.4) is 0 Å². The second-order valence-corrected chi connectivity index (χ2v) is 4.77. The Balaban J connectivity index is 2.70. The van der Waals surface area contributed by atoms with Gasteiger partial charge in [0.1, 0.15) is 5.82 Å². The summed E-state index contributed by atoms with van der Waals surface area (Å²) in [5, 5.41) is 3.26. The first-order valence-electron chi connectivity index (χ1n) is 5.56. The van der Waals surface area contributed by atoms with E-state index in [0.717, 1.165) is 25.1 Å². The fourth-order valence-corrected chi connectivity index (χ4v) is 1.89. The van der Waals surface area contributed by atoms with E-state index in [1.54, 1.807) is 6.07 Å². The number of hydrogen-bond donors (Lipinski definition) is 2. The topological polar surface area (TPSA) is 38.0 Å². The fourth-order valence-electron chi connectivity index (χ4n) is 1.55. The minimum Gasteiger partial charge on any atom is -0.397 e. The highest BCUT2D eigenvalue weighted by Gasteiger charge is 2.08. The molecule has 3 N–H and O–H groups in total. The SMILES string of the molecule is CCC(CC)CNc1cc(Br)c(F)cc1N. The lowest BCUT2D eigenvalue weighted by atomic mass is 10.0. The number of anilines is 2. The molecule has 2 nitrogen and oxygen atoms in total. The monoisotopic (exact) mass is 288 g/mol. The number of nitrogen functional groups attached to an aromatic ring is 1. The van der Waals surface area contributed by atoms with Crippen LogP contribution < -0.4 is 11.1 Å². The molecule has 90 valence electrons. The summed E-state index contributed by atoms with van der Waals surface area (Å²) in [5.74, 6) is 0.300. The summed E-state index contributed by atoms with van der Waals surface area (Å²) in [6.45, 7) is 5.20. The van der Waals surface area contributed by atoms with E-state index in [4.69, 9.17) is 5.73 Å². The van der Waals surface area contributed by atoms with E-state index in [0.29, 0.717) is 16.1 Å². The maximum absolute atomic E-state index is 13.1. The van der Waals surface area contributed by atoms with Crippen molar-refractivity contribution in [3.63, 3.8) is 0 Å². The third kappa shape index (κ3) is 3.37. The van der Waals surface area contributed by atoms with Crippen LogP contribution >= 0.6 is 15.9 Å². The zero-order valence-electron chi connectivity index (χ0n) is 9.69. The average molecular weight is 289 g/mol. The summed E-state index contributed by atoms with van der Waals surface area (Å²) < 4.78 is 13.6. The Hall–Kier alpha value is -0.770. The largest absolute Gasteiger partial charge is 0.397 e. The summed E-state index contributed by atoms with van der Waals surface area (Å²) in [6.07, 6.45) is 2.26. The van der Waals surface area contributed by atoms with Crippen LogP contribution in [0.5, 0.6) is 0 Å². The highest BCUT2D eigenvalue weighted by molar-refractivity contribution is 9.10. The first-order valence-corrected chi connectivity index (χ1v) is 6.36. The van der Waals surface area contributed by atoms with Crippen LogP contribution in [-0.2, 0) is 0 Å². The van der Waals surface area contributed by atoms with Gasteiger partial charge in [-0.25, -0.2) is 4.39 Å². The number of rotatable bonds is 5. The molecule has 0 saturated heterocycles. The second kappa shape index (κ2) is 6.09. The van der Waals surface area contributed by atoms with Crippen LogP contribution in [-0.4, -0.2) is 6.54 Å². The van der Waals surface area contributed by atoms with Crippen molar-refractivity contribution >= 4 is 27.3 Å². The molecule has 0 aliphatic rings. The van der Waals surface area contributed by atoms with Gasteiger partial charge in [0.25, 0.3) is 0 Å². The number of nitrogens with two attached hydrogens (primary N) is 1. The number of nitrogens with one attached hydrogen (secondary N) is 1. The van der Waals surface area contributed by atoms with Crippen molar-refractivity contribution < 1.29 is 4.39 Å². The quantitative estimate of drug-likeness (QED) is 0.803. The predicted octanol–water partition coefficient (Wildman–Crippen LogP) is 4.02. The highest BCUT2D eigenvalue weighted by atomic mass is 79.9. The van der Waals surface area contributed by atoms with Crippen LogP contribution in [0.2, 0.25) is 0 Å². The molecule has 1 rings (SSSR count).